The number of nitrogens with zero attached hydrogens (tertiary/aromatic N) is 4. The van der Waals surface area contributed by atoms with Gasteiger partial charge < -0.3 is 19.9 Å². The van der Waals surface area contributed by atoms with E-state index in [0.29, 0.717) is 9.71 Å². The number of carbonyl (C=O) groups is 1. The van der Waals surface area contributed by atoms with E-state index in [9.17, 15) is 13.6 Å². The summed E-state index contributed by atoms with van der Waals surface area (Å²) in [6.07, 6.45) is 1.50. The van der Waals surface area contributed by atoms with Crippen LogP contribution in [0.1, 0.15) is 15.2 Å². The third kappa shape index (κ3) is 4.49. The first-order valence-electron chi connectivity index (χ1n) is 11.1. The summed E-state index contributed by atoms with van der Waals surface area (Å²) in [7, 11) is 1.65. The summed E-state index contributed by atoms with van der Waals surface area (Å²) in [4.78, 5) is 27.5. The van der Waals surface area contributed by atoms with Crippen LogP contribution in [0.3, 0.4) is 0 Å². The molecule has 1 N–H and O–H groups in total. The van der Waals surface area contributed by atoms with E-state index in [0.717, 1.165) is 66.5 Å². The molecule has 4 aromatic rings. The molecule has 3 heterocycles. The molecule has 0 spiro atoms. The number of halogens is 2. The highest BCUT2D eigenvalue weighted by molar-refractivity contribution is 7.20. The number of fused-ring (bicyclic) bond motifs is 1. The van der Waals surface area contributed by atoms with E-state index >= 15 is 0 Å². The minimum Gasteiger partial charge on any atom is -0.497 e. The fraction of sp³-hybridized carbons (Fsp3) is 0.240. The number of thiophene rings is 1. The topological polar surface area (TPSA) is 70.6 Å². The third-order valence-electron chi connectivity index (χ3n) is 6.11. The molecule has 0 unspecified atom stereocenters. The van der Waals surface area contributed by atoms with E-state index in [4.69, 9.17) is 4.74 Å². The lowest BCUT2D eigenvalue weighted by molar-refractivity contribution is 0.102. The number of methoxy groups -OCH3 is 1. The van der Waals surface area contributed by atoms with Crippen molar-refractivity contribution in [3.05, 3.63) is 70.9 Å². The molecule has 1 aliphatic rings. The van der Waals surface area contributed by atoms with Crippen molar-refractivity contribution in [2.45, 2.75) is 6.92 Å². The summed E-state index contributed by atoms with van der Waals surface area (Å²) in [5.41, 5.74) is 1.80. The van der Waals surface area contributed by atoms with Crippen molar-refractivity contribution < 1.29 is 18.3 Å². The van der Waals surface area contributed by atoms with Gasteiger partial charge in [0.15, 0.2) is 0 Å². The zero-order valence-electron chi connectivity index (χ0n) is 19.2. The summed E-state index contributed by atoms with van der Waals surface area (Å²) in [6.45, 7) is 5.00. The maximum absolute atomic E-state index is 14.0. The van der Waals surface area contributed by atoms with Crippen LogP contribution in [0.5, 0.6) is 5.75 Å². The highest BCUT2D eigenvalue weighted by atomic mass is 32.1. The summed E-state index contributed by atoms with van der Waals surface area (Å²) < 4.78 is 32.5. The number of nitrogens with one attached hydrogen (secondary N) is 1. The zero-order chi connectivity index (χ0) is 24.5. The van der Waals surface area contributed by atoms with Crippen molar-refractivity contribution in [1.82, 2.24) is 9.97 Å². The lowest BCUT2D eigenvalue weighted by Crippen LogP contribution is -2.46. The van der Waals surface area contributed by atoms with Crippen molar-refractivity contribution in [2.75, 3.05) is 48.4 Å². The Morgan fingerprint density at radius 2 is 1.74 bits per heavy atom. The van der Waals surface area contributed by atoms with Crippen LogP contribution in [0, 0.1) is 18.6 Å². The maximum atomic E-state index is 14.0. The molecule has 7 nitrogen and oxygen atoms in total. The van der Waals surface area contributed by atoms with Gasteiger partial charge in [-0.3, -0.25) is 4.79 Å². The first-order chi connectivity index (χ1) is 16.9. The smallest absolute Gasteiger partial charge is 0.266 e. The van der Waals surface area contributed by atoms with E-state index in [1.807, 2.05) is 19.1 Å². The first kappa shape index (κ1) is 23.0. The number of carbonyl (C=O) groups excluding carboxylic acids is 1. The molecule has 5 rings (SSSR count). The molecular weight excluding hydrogens is 472 g/mol. The fourth-order valence-electron chi connectivity index (χ4n) is 4.25. The van der Waals surface area contributed by atoms with Gasteiger partial charge in [-0.25, -0.2) is 18.7 Å². The number of hydrogen-bond donors (Lipinski definition) is 1. The van der Waals surface area contributed by atoms with Crippen molar-refractivity contribution in [3.8, 4) is 5.75 Å². The Labute approximate surface area is 205 Å². The van der Waals surface area contributed by atoms with Crippen molar-refractivity contribution in [2.24, 2.45) is 0 Å². The van der Waals surface area contributed by atoms with Crippen LogP contribution in [0.25, 0.3) is 10.2 Å². The van der Waals surface area contributed by atoms with Gasteiger partial charge in [-0.05, 0) is 48.9 Å². The SMILES string of the molecule is COc1ccc(N2CCN(c3ncnc4sc(C(=O)Nc5ccc(F)cc5F)c(C)c34)CC2)cc1. The number of rotatable bonds is 5. The van der Waals surface area contributed by atoms with E-state index < -0.39 is 17.5 Å². The number of hydrogen-bond acceptors (Lipinski definition) is 7. The van der Waals surface area contributed by atoms with Crippen LogP contribution in [0.2, 0.25) is 0 Å². The van der Waals surface area contributed by atoms with Gasteiger partial charge >= 0.3 is 0 Å². The molecule has 0 aliphatic carbocycles. The molecular formula is C25H23F2N5O2S. The molecule has 0 bridgehead atoms. The number of benzene rings is 2. The average molecular weight is 496 g/mol. The highest BCUT2D eigenvalue weighted by Gasteiger charge is 2.25. The molecule has 180 valence electrons. The van der Waals surface area contributed by atoms with Crippen LogP contribution in [-0.4, -0.2) is 49.2 Å². The van der Waals surface area contributed by atoms with Gasteiger partial charge in [-0.15, -0.1) is 11.3 Å². The lowest BCUT2D eigenvalue weighted by Gasteiger charge is -2.37. The van der Waals surface area contributed by atoms with Gasteiger partial charge in [0.05, 0.1) is 23.1 Å². The average Bonchev–Trinajstić information content (AvgIpc) is 3.22. The Hall–Kier alpha value is -3.79. The van der Waals surface area contributed by atoms with E-state index in [1.54, 1.807) is 7.11 Å². The third-order valence-corrected chi connectivity index (χ3v) is 7.31. The standard InChI is InChI=1S/C25H23F2N5O2S/c1-15-21-23(32-11-9-31(10-12-32)17-4-6-18(34-2)7-5-17)28-14-29-25(21)35-22(15)24(33)30-20-8-3-16(26)13-19(20)27/h3-8,13-14H,9-12H2,1-2H3,(H,30,33). The monoisotopic (exact) mass is 495 g/mol. The molecule has 1 aliphatic heterocycles. The van der Waals surface area contributed by atoms with Gasteiger partial charge in [0, 0.05) is 37.9 Å². The quantitative estimate of drug-likeness (QED) is 0.426. The Kier molecular flexibility index (Phi) is 6.21. The van der Waals surface area contributed by atoms with Crippen LogP contribution in [-0.2, 0) is 0 Å². The second-order valence-electron chi connectivity index (χ2n) is 8.18. The molecule has 10 heteroatoms. The normalized spacial score (nSPS) is 13.8. The molecule has 2 aromatic carbocycles. The van der Waals surface area contributed by atoms with Gasteiger partial charge in [0.1, 0.15) is 34.4 Å². The minimum atomic E-state index is -0.827. The molecule has 0 atom stereocenters. The molecule has 35 heavy (non-hydrogen) atoms. The zero-order valence-corrected chi connectivity index (χ0v) is 20.0. The van der Waals surface area contributed by atoms with Gasteiger partial charge in [-0.1, -0.05) is 0 Å². The Morgan fingerprint density at radius 3 is 2.43 bits per heavy atom. The van der Waals surface area contributed by atoms with Crippen LogP contribution in [0.4, 0.5) is 26.0 Å². The summed E-state index contributed by atoms with van der Waals surface area (Å²) in [6, 6.07) is 11.1. The van der Waals surface area contributed by atoms with Gasteiger partial charge in [0.2, 0.25) is 0 Å². The molecule has 1 saturated heterocycles. The number of amides is 1. The predicted molar refractivity (Wildman–Crippen MR) is 134 cm³/mol. The number of anilines is 3. The number of piperazine rings is 1. The van der Waals surface area contributed by atoms with E-state index in [2.05, 4.69) is 37.2 Å². The molecule has 2 aromatic heterocycles. The highest BCUT2D eigenvalue weighted by Crippen LogP contribution is 2.36. The van der Waals surface area contributed by atoms with E-state index in [-0.39, 0.29) is 5.69 Å². The largest absolute Gasteiger partial charge is 0.497 e. The van der Waals surface area contributed by atoms with Crippen molar-refractivity contribution >= 4 is 44.7 Å². The fourth-order valence-corrected chi connectivity index (χ4v) is 5.29. The number of aryl methyl sites for hydroxylation is 1. The van der Waals surface area contributed by atoms with Gasteiger partial charge in [-0.2, -0.15) is 0 Å². The molecule has 1 amide bonds. The maximum Gasteiger partial charge on any atom is 0.266 e. The van der Waals surface area contributed by atoms with Gasteiger partial charge in [0.25, 0.3) is 5.91 Å². The summed E-state index contributed by atoms with van der Waals surface area (Å²) in [5.74, 6) is -0.389. The van der Waals surface area contributed by atoms with Crippen LogP contribution in [0.15, 0.2) is 48.8 Å². The predicted octanol–water partition coefficient (Wildman–Crippen LogP) is 4.87. The minimum absolute atomic E-state index is 0.0748. The Morgan fingerprint density at radius 1 is 1.03 bits per heavy atom. The molecule has 1 fully saturated rings. The van der Waals surface area contributed by atoms with Crippen molar-refractivity contribution in [1.29, 1.82) is 0 Å². The Bertz CT molecular complexity index is 1380. The van der Waals surface area contributed by atoms with Crippen molar-refractivity contribution in [3.63, 3.8) is 0 Å². The Balaban J connectivity index is 1.36. The second-order valence-corrected chi connectivity index (χ2v) is 9.18. The lowest BCUT2D eigenvalue weighted by atomic mass is 10.1. The first-order valence-corrected chi connectivity index (χ1v) is 11.9. The number of aromatic nitrogens is 2. The van der Waals surface area contributed by atoms with Crippen LogP contribution >= 0.6 is 11.3 Å². The van der Waals surface area contributed by atoms with Crippen LogP contribution < -0.4 is 19.9 Å². The summed E-state index contributed by atoms with van der Waals surface area (Å²) in [5, 5.41) is 3.36. The summed E-state index contributed by atoms with van der Waals surface area (Å²) >= 11 is 1.23. The van der Waals surface area contributed by atoms with E-state index in [1.165, 1.54) is 23.7 Å². The molecule has 0 saturated carbocycles. The number of ether oxygens (including phenoxy) is 1. The second kappa shape index (κ2) is 9.46. The molecule has 0 radical (unpaired) electrons.